The average molecular weight is 387 g/mol. The Kier molecular flexibility index (Phi) is 7.35. The fraction of sp³-hybridized carbons (Fsp3) is 0.632. The van der Waals surface area contributed by atoms with Crippen molar-refractivity contribution >= 4 is 6.03 Å². The molecule has 1 saturated heterocycles. The number of hydrogen-bond donors (Lipinski definition) is 1. The lowest BCUT2D eigenvalue weighted by Crippen LogP contribution is -2.43. The topological polar surface area (TPSA) is 44.8 Å². The third-order valence-corrected chi connectivity index (χ3v) is 4.35. The van der Waals surface area contributed by atoms with Gasteiger partial charge in [-0.1, -0.05) is 12.1 Å². The maximum absolute atomic E-state index is 12.6. The number of hydrogen-bond acceptors (Lipinski definition) is 3. The van der Waals surface area contributed by atoms with Crippen LogP contribution in [0.15, 0.2) is 24.3 Å². The maximum atomic E-state index is 12.6. The average Bonchev–Trinajstić information content (AvgIpc) is 2.78. The van der Waals surface area contributed by atoms with Crippen LogP contribution in [0.1, 0.15) is 38.8 Å². The van der Waals surface area contributed by atoms with Gasteiger partial charge in [0.1, 0.15) is 5.75 Å². The number of nitrogens with zero attached hydrogens (tertiary/aromatic N) is 2. The van der Waals surface area contributed by atoms with E-state index in [2.05, 4.69) is 5.32 Å². The van der Waals surface area contributed by atoms with Crippen LogP contribution in [-0.4, -0.2) is 60.8 Å². The normalized spacial score (nSPS) is 17.5. The Bertz CT molecular complexity index is 622. The van der Waals surface area contributed by atoms with E-state index in [4.69, 9.17) is 4.74 Å². The van der Waals surface area contributed by atoms with Crippen molar-refractivity contribution in [1.29, 1.82) is 0 Å². The fourth-order valence-corrected chi connectivity index (χ4v) is 3.07. The molecule has 0 spiro atoms. The summed E-state index contributed by atoms with van der Waals surface area (Å²) in [5, 5.41) is 2.93. The molecule has 1 aromatic rings. The minimum Gasteiger partial charge on any atom is -0.491 e. The van der Waals surface area contributed by atoms with Gasteiger partial charge in [0.15, 0.2) is 0 Å². The maximum Gasteiger partial charge on any atom is 0.401 e. The van der Waals surface area contributed by atoms with Crippen molar-refractivity contribution in [3.8, 4) is 5.75 Å². The third kappa shape index (κ3) is 7.28. The number of nitrogens with one attached hydrogen (secondary N) is 1. The van der Waals surface area contributed by atoms with Crippen molar-refractivity contribution < 1.29 is 22.7 Å². The van der Waals surface area contributed by atoms with Crippen LogP contribution in [0, 0.1) is 0 Å². The minimum atomic E-state index is -4.21. The first kappa shape index (κ1) is 21.3. The first-order valence-electron chi connectivity index (χ1n) is 9.25. The smallest absolute Gasteiger partial charge is 0.401 e. The van der Waals surface area contributed by atoms with Crippen molar-refractivity contribution in [2.45, 2.75) is 45.5 Å². The van der Waals surface area contributed by atoms with Crippen molar-refractivity contribution in [1.82, 2.24) is 15.1 Å². The standard InChI is InChI=1S/C19H28F3N3O2/c1-14(2)27-17-7-4-6-16(12-17)15(3)23-18(26)25-9-5-8-24(10-11-25)13-19(20,21)22/h4,6-7,12,14-15H,5,8-11,13H2,1-3H3,(H,23,26). The van der Waals surface area contributed by atoms with Gasteiger partial charge < -0.3 is 15.0 Å². The lowest BCUT2D eigenvalue weighted by molar-refractivity contribution is -0.145. The van der Waals surface area contributed by atoms with E-state index in [9.17, 15) is 18.0 Å². The highest BCUT2D eigenvalue weighted by atomic mass is 19.4. The molecule has 152 valence electrons. The summed E-state index contributed by atoms with van der Waals surface area (Å²) < 4.78 is 43.3. The highest BCUT2D eigenvalue weighted by molar-refractivity contribution is 5.74. The first-order chi connectivity index (χ1) is 12.6. The number of benzene rings is 1. The third-order valence-electron chi connectivity index (χ3n) is 4.35. The molecule has 0 aliphatic carbocycles. The van der Waals surface area contributed by atoms with E-state index < -0.39 is 12.7 Å². The number of ether oxygens (including phenoxy) is 1. The summed E-state index contributed by atoms with van der Waals surface area (Å²) in [6, 6.07) is 7.04. The Morgan fingerprint density at radius 3 is 2.59 bits per heavy atom. The van der Waals surface area contributed by atoms with Crippen molar-refractivity contribution in [2.75, 3.05) is 32.7 Å². The highest BCUT2D eigenvalue weighted by Gasteiger charge is 2.32. The zero-order valence-electron chi connectivity index (χ0n) is 16.1. The molecule has 0 bridgehead atoms. The molecule has 1 unspecified atom stereocenters. The molecule has 8 heteroatoms. The van der Waals surface area contributed by atoms with Crippen LogP contribution in [0.5, 0.6) is 5.75 Å². The summed E-state index contributed by atoms with van der Waals surface area (Å²) in [6.45, 7) is 6.13. The lowest BCUT2D eigenvalue weighted by atomic mass is 10.1. The SMILES string of the molecule is CC(C)Oc1cccc(C(C)NC(=O)N2CCCN(CC(F)(F)F)CC2)c1. The Hall–Kier alpha value is -1.96. The quantitative estimate of drug-likeness (QED) is 0.836. The van der Waals surface area contributed by atoms with Crippen molar-refractivity contribution in [3.05, 3.63) is 29.8 Å². The summed E-state index contributed by atoms with van der Waals surface area (Å²) in [5.74, 6) is 0.737. The summed E-state index contributed by atoms with van der Waals surface area (Å²) in [5.41, 5.74) is 0.912. The molecule has 0 aromatic heterocycles. The summed E-state index contributed by atoms with van der Waals surface area (Å²) in [6.07, 6.45) is -3.63. The monoisotopic (exact) mass is 387 g/mol. The molecule has 1 aliphatic heterocycles. The zero-order valence-corrected chi connectivity index (χ0v) is 16.1. The van der Waals surface area contributed by atoms with Gasteiger partial charge in [-0.3, -0.25) is 4.90 Å². The molecule has 1 fully saturated rings. The van der Waals surface area contributed by atoms with Gasteiger partial charge in [0.25, 0.3) is 0 Å². The van der Waals surface area contributed by atoms with Crippen LogP contribution in [0.2, 0.25) is 0 Å². The summed E-state index contributed by atoms with van der Waals surface area (Å²) >= 11 is 0. The van der Waals surface area contributed by atoms with Gasteiger partial charge >= 0.3 is 12.2 Å². The van der Waals surface area contributed by atoms with E-state index in [0.717, 1.165) is 11.3 Å². The number of rotatable bonds is 5. The minimum absolute atomic E-state index is 0.0573. The van der Waals surface area contributed by atoms with Gasteiger partial charge in [-0.15, -0.1) is 0 Å². The van der Waals surface area contributed by atoms with Gasteiger partial charge in [0, 0.05) is 26.2 Å². The predicted molar refractivity (Wildman–Crippen MR) is 97.8 cm³/mol. The van der Waals surface area contributed by atoms with Crippen molar-refractivity contribution in [3.63, 3.8) is 0 Å². The fourth-order valence-electron chi connectivity index (χ4n) is 3.07. The number of carbonyl (C=O) groups is 1. The number of alkyl halides is 3. The van der Waals surface area contributed by atoms with E-state index in [-0.39, 0.29) is 31.3 Å². The highest BCUT2D eigenvalue weighted by Crippen LogP contribution is 2.21. The second-order valence-corrected chi connectivity index (χ2v) is 7.14. The second kappa shape index (κ2) is 9.30. The molecule has 2 amide bonds. The number of carbonyl (C=O) groups excluding carboxylic acids is 1. The van der Waals surface area contributed by atoms with E-state index in [1.54, 1.807) is 4.90 Å². The molecule has 1 N–H and O–H groups in total. The molecule has 0 saturated carbocycles. The van der Waals surface area contributed by atoms with Gasteiger partial charge in [-0.25, -0.2) is 4.79 Å². The molecule has 1 atom stereocenters. The van der Waals surface area contributed by atoms with Crippen LogP contribution in [0.25, 0.3) is 0 Å². The van der Waals surface area contributed by atoms with Gasteiger partial charge in [0.05, 0.1) is 18.7 Å². The zero-order chi connectivity index (χ0) is 20.0. The second-order valence-electron chi connectivity index (χ2n) is 7.14. The van der Waals surface area contributed by atoms with Crippen LogP contribution in [-0.2, 0) is 0 Å². The predicted octanol–water partition coefficient (Wildman–Crippen LogP) is 3.81. The number of amides is 2. The molecule has 1 heterocycles. The van der Waals surface area contributed by atoms with Gasteiger partial charge in [-0.05, 0) is 44.9 Å². The summed E-state index contributed by atoms with van der Waals surface area (Å²) in [4.78, 5) is 15.5. The lowest BCUT2D eigenvalue weighted by Gasteiger charge is -2.25. The van der Waals surface area contributed by atoms with Crippen LogP contribution >= 0.6 is 0 Å². The molecule has 27 heavy (non-hydrogen) atoms. The van der Waals surface area contributed by atoms with E-state index in [0.29, 0.717) is 19.5 Å². The van der Waals surface area contributed by atoms with Crippen LogP contribution < -0.4 is 10.1 Å². The molecular weight excluding hydrogens is 359 g/mol. The molecule has 5 nitrogen and oxygen atoms in total. The molecule has 0 radical (unpaired) electrons. The van der Waals surface area contributed by atoms with E-state index in [1.165, 1.54) is 4.90 Å². The van der Waals surface area contributed by atoms with Gasteiger partial charge in [-0.2, -0.15) is 13.2 Å². The molecule has 1 aliphatic rings. The number of urea groups is 1. The Labute approximate surface area is 158 Å². The Morgan fingerprint density at radius 2 is 1.93 bits per heavy atom. The molecule has 2 rings (SSSR count). The van der Waals surface area contributed by atoms with Crippen LogP contribution in [0.4, 0.5) is 18.0 Å². The summed E-state index contributed by atoms with van der Waals surface area (Å²) in [7, 11) is 0. The molecule has 1 aromatic carbocycles. The largest absolute Gasteiger partial charge is 0.491 e. The van der Waals surface area contributed by atoms with Gasteiger partial charge in [0.2, 0.25) is 0 Å². The number of halogens is 3. The Balaban J connectivity index is 1.90. The van der Waals surface area contributed by atoms with E-state index in [1.807, 2.05) is 45.0 Å². The van der Waals surface area contributed by atoms with Crippen molar-refractivity contribution in [2.24, 2.45) is 0 Å². The first-order valence-corrected chi connectivity index (χ1v) is 9.25. The molecular formula is C19H28F3N3O2. The van der Waals surface area contributed by atoms with Crippen LogP contribution in [0.3, 0.4) is 0 Å². The Morgan fingerprint density at radius 1 is 1.19 bits per heavy atom. The van der Waals surface area contributed by atoms with E-state index >= 15 is 0 Å².